The Morgan fingerprint density at radius 2 is 1.96 bits per heavy atom. The number of carbonyl (C=O) groups excluding carboxylic acids is 3. The van der Waals surface area contributed by atoms with Gasteiger partial charge >= 0.3 is 12.1 Å². The second-order valence-corrected chi connectivity index (χ2v) is 6.93. The number of benzene rings is 1. The number of amides is 2. The summed E-state index contributed by atoms with van der Waals surface area (Å²) >= 11 is 0. The maximum atomic E-state index is 12.3. The molecular weight excluding hydrogens is 374 g/mol. The first kappa shape index (κ1) is 21.1. The molecule has 2 amide bonds. The van der Waals surface area contributed by atoms with Crippen molar-refractivity contribution >= 4 is 23.7 Å². The number of nitrogens with one attached hydrogen (secondary N) is 2. The quantitative estimate of drug-likeness (QED) is 0.229. The topological polar surface area (TPSA) is 146 Å². The molecule has 1 unspecified atom stereocenters. The Balaban J connectivity index is 1.97. The number of nitro groups is 1. The fourth-order valence-corrected chi connectivity index (χ4v) is 2.05. The summed E-state index contributed by atoms with van der Waals surface area (Å²) in [6.45, 7) is 4.93. The molecule has 28 heavy (non-hydrogen) atoms. The zero-order valence-corrected chi connectivity index (χ0v) is 15.6. The van der Waals surface area contributed by atoms with Crippen LogP contribution in [0.3, 0.4) is 0 Å². The minimum absolute atomic E-state index is 0.0983. The molecule has 1 aromatic rings. The Labute approximate surface area is 160 Å². The summed E-state index contributed by atoms with van der Waals surface area (Å²) in [6, 6.07) is 5.41. The van der Waals surface area contributed by atoms with Gasteiger partial charge in [-0.25, -0.2) is 9.59 Å². The van der Waals surface area contributed by atoms with Crippen LogP contribution in [0.4, 0.5) is 10.5 Å². The van der Waals surface area contributed by atoms with Crippen LogP contribution >= 0.6 is 0 Å². The second kappa shape index (κ2) is 8.65. The molecule has 1 heterocycles. The lowest BCUT2D eigenvalue weighted by Crippen LogP contribution is -2.59. The average Bonchev–Trinajstić information content (AvgIpc) is 2.60. The zero-order valence-electron chi connectivity index (χ0n) is 15.6. The molecule has 0 aliphatic carbocycles. The average molecular weight is 395 g/mol. The molecule has 1 aliphatic heterocycles. The van der Waals surface area contributed by atoms with E-state index in [1.54, 1.807) is 20.8 Å². The van der Waals surface area contributed by atoms with Crippen molar-refractivity contribution in [3.63, 3.8) is 0 Å². The molecule has 0 bridgehead atoms. The number of ether oxygens (including phenoxy) is 3. The highest BCUT2D eigenvalue weighted by Gasteiger charge is 2.36. The number of β-lactam (4-membered cyclic amide) rings is 1. The van der Waals surface area contributed by atoms with E-state index < -0.39 is 40.8 Å². The van der Waals surface area contributed by atoms with E-state index in [2.05, 4.69) is 10.6 Å². The number of esters is 1. The third kappa shape index (κ3) is 6.20. The van der Waals surface area contributed by atoms with Gasteiger partial charge < -0.3 is 19.5 Å². The molecule has 0 saturated carbocycles. The van der Waals surface area contributed by atoms with E-state index in [9.17, 15) is 24.5 Å². The van der Waals surface area contributed by atoms with Gasteiger partial charge in [-0.05, 0) is 38.5 Å². The highest BCUT2D eigenvalue weighted by molar-refractivity contribution is 5.87. The lowest BCUT2D eigenvalue weighted by Gasteiger charge is -2.30. The van der Waals surface area contributed by atoms with Crippen LogP contribution < -0.4 is 10.6 Å². The Hall–Kier alpha value is -3.21. The molecule has 11 nitrogen and oxygen atoms in total. The van der Waals surface area contributed by atoms with Gasteiger partial charge in [0.2, 0.25) is 6.23 Å². The van der Waals surface area contributed by atoms with Crippen LogP contribution in [0.5, 0.6) is 0 Å². The summed E-state index contributed by atoms with van der Waals surface area (Å²) in [4.78, 5) is 45.7. The van der Waals surface area contributed by atoms with Crippen LogP contribution in [0.1, 0.15) is 26.3 Å². The maximum absolute atomic E-state index is 12.3. The first-order valence-corrected chi connectivity index (χ1v) is 8.38. The standard InChI is InChI=1S/C17H21N3O8/c1-17(2,3)28-16(23)19-14(27-12-8-18-13(12)21)15(22)26-9-10-4-6-11(7-5-10)20(24)25/h4-7,12,14H,8-9H2,1-3H3,(H,18,21)(H,19,23)/t12-,14?/m0/s1. The highest BCUT2D eigenvalue weighted by Crippen LogP contribution is 2.14. The predicted molar refractivity (Wildman–Crippen MR) is 93.9 cm³/mol. The minimum Gasteiger partial charge on any atom is -0.457 e. The number of hydrogen-bond donors (Lipinski definition) is 2. The van der Waals surface area contributed by atoms with Crippen LogP contribution in [-0.4, -0.2) is 47.4 Å². The molecule has 2 N–H and O–H groups in total. The Morgan fingerprint density at radius 3 is 2.43 bits per heavy atom. The van der Waals surface area contributed by atoms with Crippen LogP contribution in [0, 0.1) is 10.1 Å². The van der Waals surface area contributed by atoms with Crippen molar-refractivity contribution < 1.29 is 33.5 Å². The van der Waals surface area contributed by atoms with E-state index in [1.807, 2.05) is 0 Å². The van der Waals surface area contributed by atoms with Crippen molar-refractivity contribution in [1.29, 1.82) is 0 Å². The fraction of sp³-hybridized carbons (Fsp3) is 0.471. The molecule has 1 saturated heterocycles. The maximum Gasteiger partial charge on any atom is 0.410 e. The Kier molecular flexibility index (Phi) is 6.52. The van der Waals surface area contributed by atoms with E-state index >= 15 is 0 Å². The SMILES string of the molecule is CC(C)(C)OC(=O)NC(O[C@H]1CNC1=O)C(=O)OCc1ccc([N+](=O)[O-])cc1. The van der Waals surface area contributed by atoms with Crippen molar-refractivity contribution in [1.82, 2.24) is 10.6 Å². The molecule has 2 rings (SSSR count). The minimum atomic E-state index is -1.55. The number of nitrogens with zero attached hydrogens (tertiary/aromatic N) is 1. The molecule has 0 radical (unpaired) electrons. The fourth-order valence-electron chi connectivity index (χ4n) is 2.05. The number of non-ortho nitro benzene ring substituents is 1. The van der Waals surface area contributed by atoms with Crippen LogP contribution in [-0.2, 0) is 30.4 Å². The van der Waals surface area contributed by atoms with E-state index in [0.717, 1.165) is 0 Å². The number of alkyl carbamates (subject to hydrolysis) is 1. The van der Waals surface area contributed by atoms with Crippen LogP contribution in [0.25, 0.3) is 0 Å². The Morgan fingerprint density at radius 1 is 1.32 bits per heavy atom. The van der Waals surface area contributed by atoms with E-state index in [4.69, 9.17) is 14.2 Å². The van der Waals surface area contributed by atoms with E-state index in [0.29, 0.717) is 5.56 Å². The summed E-state index contributed by atoms with van der Waals surface area (Å²) in [5, 5.41) is 15.3. The summed E-state index contributed by atoms with van der Waals surface area (Å²) in [7, 11) is 0. The lowest BCUT2D eigenvalue weighted by molar-refractivity contribution is -0.384. The molecule has 0 spiro atoms. The molecule has 11 heteroatoms. The first-order chi connectivity index (χ1) is 13.0. The largest absolute Gasteiger partial charge is 0.457 e. The van der Waals surface area contributed by atoms with Gasteiger partial charge in [0.25, 0.3) is 11.6 Å². The molecule has 0 aromatic heterocycles. The molecule has 1 aliphatic rings. The third-order valence-corrected chi connectivity index (χ3v) is 3.44. The van der Waals surface area contributed by atoms with Crippen molar-refractivity contribution in [3.8, 4) is 0 Å². The number of hydrogen-bond acceptors (Lipinski definition) is 8. The molecule has 1 aromatic carbocycles. The van der Waals surface area contributed by atoms with Crippen molar-refractivity contribution in [2.24, 2.45) is 0 Å². The van der Waals surface area contributed by atoms with Gasteiger partial charge in [0.1, 0.15) is 12.2 Å². The summed E-state index contributed by atoms with van der Waals surface area (Å²) in [6.07, 6.45) is -3.36. The van der Waals surface area contributed by atoms with Crippen LogP contribution in [0.15, 0.2) is 24.3 Å². The third-order valence-electron chi connectivity index (χ3n) is 3.44. The van der Waals surface area contributed by atoms with Gasteiger partial charge in [0.15, 0.2) is 6.10 Å². The monoisotopic (exact) mass is 395 g/mol. The van der Waals surface area contributed by atoms with Crippen molar-refractivity contribution in [3.05, 3.63) is 39.9 Å². The normalized spacial score (nSPS) is 17.0. The smallest absolute Gasteiger partial charge is 0.410 e. The number of nitro benzene ring substituents is 1. The van der Waals surface area contributed by atoms with Gasteiger partial charge in [-0.15, -0.1) is 0 Å². The predicted octanol–water partition coefficient (Wildman–Crippen LogP) is 1.00. The van der Waals surface area contributed by atoms with Gasteiger partial charge in [-0.3, -0.25) is 20.2 Å². The van der Waals surface area contributed by atoms with Gasteiger partial charge in [-0.2, -0.15) is 0 Å². The number of carbonyl (C=O) groups is 3. The summed E-state index contributed by atoms with van der Waals surface area (Å²) in [5.74, 6) is -1.36. The van der Waals surface area contributed by atoms with Gasteiger partial charge in [-0.1, -0.05) is 0 Å². The van der Waals surface area contributed by atoms with Gasteiger partial charge in [0.05, 0.1) is 11.5 Å². The lowest BCUT2D eigenvalue weighted by atomic mass is 10.2. The molecular formula is C17H21N3O8. The molecule has 2 atom stereocenters. The van der Waals surface area contributed by atoms with E-state index in [-0.39, 0.29) is 18.8 Å². The molecule has 152 valence electrons. The van der Waals surface area contributed by atoms with Crippen molar-refractivity contribution in [2.45, 2.75) is 45.3 Å². The number of rotatable bonds is 7. The highest BCUT2D eigenvalue weighted by atomic mass is 16.6. The second-order valence-electron chi connectivity index (χ2n) is 6.93. The van der Waals surface area contributed by atoms with Crippen LogP contribution in [0.2, 0.25) is 0 Å². The summed E-state index contributed by atoms with van der Waals surface area (Å²) < 4.78 is 15.5. The molecule has 1 fully saturated rings. The summed E-state index contributed by atoms with van der Waals surface area (Å²) in [5.41, 5.74) is -0.402. The van der Waals surface area contributed by atoms with E-state index in [1.165, 1.54) is 24.3 Å². The first-order valence-electron chi connectivity index (χ1n) is 8.38. The Bertz CT molecular complexity index is 757. The van der Waals surface area contributed by atoms with Gasteiger partial charge in [0, 0.05) is 12.1 Å². The zero-order chi connectivity index (χ0) is 20.9. The van der Waals surface area contributed by atoms with Crippen molar-refractivity contribution in [2.75, 3.05) is 6.54 Å².